The molecule has 1 heterocycles. The summed E-state index contributed by atoms with van der Waals surface area (Å²) < 4.78 is 3.65. The third-order valence-corrected chi connectivity index (χ3v) is 1.89. The maximum absolute atomic E-state index is 9.43. The Kier molecular flexibility index (Phi) is 2.73. The van der Waals surface area contributed by atoms with Gasteiger partial charge in [-0.15, -0.1) is 5.10 Å². The maximum Gasteiger partial charge on any atom is 0.110 e. The molecule has 0 bridgehead atoms. The molecule has 0 radical (unpaired) electrons. The second-order valence-electron chi connectivity index (χ2n) is 2.51. The number of rotatable bonds is 2. The molecule has 0 fully saturated rings. The third kappa shape index (κ3) is 2.40. The van der Waals surface area contributed by atoms with Crippen LogP contribution in [0.1, 0.15) is 24.8 Å². The largest absolute Gasteiger partial charge is 0.383 e. The van der Waals surface area contributed by atoms with E-state index in [1.807, 2.05) is 13.8 Å². The van der Waals surface area contributed by atoms with Crippen LogP contribution in [0.2, 0.25) is 0 Å². The summed E-state index contributed by atoms with van der Waals surface area (Å²) in [6, 6.07) is 0. The number of aliphatic hydroxyl groups excluding tert-OH is 1. The van der Waals surface area contributed by atoms with Crippen molar-refractivity contribution in [1.82, 2.24) is 9.59 Å². The minimum Gasteiger partial charge on any atom is -0.383 e. The van der Waals surface area contributed by atoms with Crippen molar-refractivity contribution in [1.29, 1.82) is 0 Å². The number of hydrogen-bond donors (Lipinski definition) is 1. The minimum absolute atomic E-state index is 0.542. The normalized spacial score (nSPS) is 12.6. The van der Waals surface area contributed by atoms with Gasteiger partial charge in [-0.25, -0.2) is 0 Å². The zero-order chi connectivity index (χ0) is 8.27. The molecule has 1 unspecified atom stereocenters. The van der Waals surface area contributed by atoms with Gasteiger partial charge in [-0.2, -0.15) is 0 Å². The van der Waals surface area contributed by atoms with Crippen molar-refractivity contribution in [3.05, 3.63) is 22.7 Å². The highest BCUT2D eigenvalue weighted by atomic mass is 32.1. The lowest BCUT2D eigenvalue weighted by Gasteiger charge is -1.99. The third-order valence-electron chi connectivity index (χ3n) is 1.16. The van der Waals surface area contributed by atoms with Crippen molar-refractivity contribution < 1.29 is 5.11 Å². The van der Waals surface area contributed by atoms with E-state index in [4.69, 9.17) is 0 Å². The summed E-state index contributed by atoms with van der Waals surface area (Å²) in [7, 11) is 0. The van der Waals surface area contributed by atoms with Crippen molar-refractivity contribution >= 4 is 11.5 Å². The molecule has 1 aromatic heterocycles. The second kappa shape index (κ2) is 3.59. The molecular formula is C7H10N2OS. The number of hydrogen-bond acceptors (Lipinski definition) is 4. The Balaban J connectivity index is 2.71. The molecule has 0 aromatic carbocycles. The van der Waals surface area contributed by atoms with Gasteiger partial charge in [-0.05, 0) is 25.4 Å². The molecule has 11 heavy (non-hydrogen) atoms. The Morgan fingerprint density at radius 2 is 2.45 bits per heavy atom. The average molecular weight is 170 g/mol. The quantitative estimate of drug-likeness (QED) is 0.685. The summed E-state index contributed by atoms with van der Waals surface area (Å²) in [5.74, 6) is 0. The van der Waals surface area contributed by atoms with Gasteiger partial charge in [0.15, 0.2) is 0 Å². The van der Waals surface area contributed by atoms with E-state index in [0.29, 0.717) is 0 Å². The maximum atomic E-state index is 9.43. The van der Waals surface area contributed by atoms with Crippen LogP contribution in [-0.2, 0) is 0 Å². The summed E-state index contributed by atoms with van der Waals surface area (Å²) in [5.41, 5.74) is 1.09. The molecule has 3 nitrogen and oxygen atoms in total. The van der Waals surface area contributed by atoms with Crippen LogP contribution < -0.4 is 0 Å². The van der Waals surface area contributed by atoms with Gasteiger partial charge >= 0.3 is 0 Å². The summed E-state index contributed by atoms with van der Waals surface area (Å²) >= 11 is 1.22. The summed E-state index contributed by atoms with van der Waals surface area (Å²) in [6.45, 7) is 3.88. The van der Waals surface area contributed by atoms with Crippen LogP contribution in [0.3, 0.4) is 0 Å². The van der Waals surface area contributed by atoms with Crippen molar-refractivity contribution in [3.63, 3.8) is 0 Å². The molecule has 60 valence electrons. The summed E-state index contributed by atoms with van der Waals surface area (Å²) in [6.07, 6.45) is 2.81. The fraction of sp³-hybridized carbons (Fsp3) is 0.429. The van der Waals surface area contributed by atoms with Gasteiger partial charge in [0.05, 0.1) is 11.1 Å². The van der Waals surface area contributed by atoms with Crippen molar-refractivity contribution in [3.8, 4) is 0 Å². The molecule has 0 aliphatic carbocycles. The van der Waals surface area contributed by atoms with Crippen molar-refractivity contribution in [2.75, 3.05) is 0 Å². The Labute approximate surface area is 69.5 Å². The van der Waals surface area contributed by atoms with E-state index in [1.165, 1.54) is 11.5 Å². The topological polar surface area (TPSA) is 46.0 Å². The molecule has 4 heteroatoms. The number of nitrogens with zero attached hydrogens (tertiary/aromatic N) is 2. The van der Waals surface area contributed by atoms with E-state index in [2.05, 4.69) is 9.59 Å². The van der Waals surface area contributed by atoms with E-state index in [9.17, 15) is 5.11 Å². The first kappa shape index (κ1) is 8.36. The number of aromatic nitrogens is 2. The van der Waals surface area contributed by atoms with E-state index in [0.717, 1.165) is 10.5 Å². The van der Waals surface area contributed by atoms with Gasteiger partial charge < -0.3 is 5.11 Å². The smallest absolute Gasteiger partial charge is 0.110 e. The average Bonchev–Trinajstić information content (AvgIpc) is 2.35. The highest BCUT2D eigenvalue weighted by molar-refractivity contribution is 7.05. The van der Waals surface area contributed by atoms with Crippen molar-refractivity contribution in [2.24, 2.45) is 0 Å². The molecule has 0 aliphatic rings. The lowest BCUT2D eigenvalue weighted by Crippen LogP contribution is -1.89. The fourth-order valence-electron chi connectivity index (χ4n) is 0.703. The molecule has 1 N–H and O–H groups in total. The van der Waals surface area contributed by atoms with Crippen molar-refractivity contribution in [2.45, 2.75) is 20.0 Å². The molecule has 0 amide bonds. The minimum atomic E-state index is -0.542. The molecule has 1 atom stereocenters. The zero-order valence-corrected chi connectivity index (χ0v) is 7.30. The van der Waals surface area contributed by atoms with E-state index < -0.39 is 6.10 Å². The Bertz CT molecular complexity index is 239. The number of aliphatic hydroxyl groups is 1. The Hall–Kier alpha value is -0.740. The predicted molar refractivity (Wildman–Crippen MR) is 44.3 cm³/mol. The summed E-state index contributed by atoms with van der Waals surface area (Å²) in [4.78, 5) is 0.784. The SMILES string of the molecule is CC(C)=CC(O)c1cnns1. The molecule has 0 saturated heterocycles. The van der Waals surface area contributed by atoms with Crippen LogP contribution in [0.25, 0.3) is 0 Å². The lowest BCUT2D eigenvalue weighted by molar-refractivity contribution is 0.231. The first-order valence-electron chi connectivity index (χ1n) is 3.30. The van der Waals surface area contributed by atoms with Crippen LogP contribution >= 0.6 is 11.5 Å². The van der Waals surface area contributed by atoms with Gasteiger partial charge in [0.25, 0.3) is 0 Å². The van der Waals surface area contributed by atoms with Crippen LogP contribution in [0, 0.1) is 0 Å². The molecule has 0 aliphatic heterocycles. The van der Waals surface area contributed by atoms with E-state index in [-0.39, 0.29) is 0 Å². The fourth-order valence-corrected chi connectivity index (χ4v) is 1.16. The van der Waals surface area contributed by atoms with Crippen LogP contribution in [0.15, 0.2) is 17.8 Å². The predicted octanol–water partition coefficient (Wildman–Crippen LogP) is 1.54. The van der Waals surface area contributed by atoms with Gasteiger partial charge in [0.2, 0.25) is 0 Å². The lowest BCUT2D eigenvalue weighted by atomic mass is 10.2. The van der Waals surface area contributed by atoms with Gasteiger partial charge in [-0.3, -0.25) is 0 Å². The second-order valence-corrected chi connectivity index (χ2v) is 3.33. The van der Waals surface area contributed by atoms with Gasteiger partial charge in [0, 0.05) is 0 Å². The van der Waals surface area contributed by atoms with Gasteiger partial charge in [0.1, 0.15) is 6.10 Å². The van der Waals surface area contributed by atoms with E-state index in [1.54, 1.807) is 12.3 Å². The highest BCUT2D eigenvalue weighted by Gasteiger charge is 2.05. The zero-order valence-electron chi connectivity index (χ0n) is 6.48. The molecule has 1 aromatic rings. The monoisotopic (exact) mass is 170 g/mol. The number of allylic oxidation sites excluding steroid dienone is 1. The Morgan fingerprint density at radius 3 is 2.91 bits per heavy atom. The van der Waals surface area contributed by atoms with Crippen LogP contribution in [0.5, 0.6) is 0 Å². The molecular weight excluding hydrogens is 160 g/mol. The molecule has 1 rings (SSSR count). The summed E-state index contributed by atoms with van der Waals surface area (Å²) in [5, 5.41) is 13.1. The van der Waals surface area contributed by atoms with Crippen LogP contribution in [0.4, 0.5) is 0 Å². The van der Waals surface area contributed by atoms with Crippen LogP contribution in [-0.4, -0.2) is 14.7 Å². The molecule has 0 spiro atoms. The first-order valence-corrected chi connectivity index (χ1v) is 4.08. The van der Waals surface area contributed by atoms with Gasteiger partial charge in [-0.1, -0.05) is 16.1 Å². The first-order chi connectivity index (χ1) is 5.20. The molecule has 0 saturated carbocycles. The Morgan fingerprint density at radius 1 is 1.73 bits per heavy atom. The van der Waals surface area contributed by atoms with E-state index >= 15 is 0 Å². The standard InChI is InChI=1S/C7H10N2OS/c1-5(2)3-6(10)7-4-8-9-11-7/h3-4,6,10H,1-2H3. The highest BCUT2D eigenvalue weighted by Crippen LogP contribution is 2.17.